The number of hydrogen-bond acceptors (Lipinski definition) is 0. The van der Waals surface area contributed by atoms with Gasteiger partial charge < -0.3 is 0 Å². The lowest BCUT2D eigenvalue weighted by Crippen LogP contribution is -1.93. The molecule has 132 valence electrons. The summed E-state index contributed by atoms with van der Waals surface area (Å²) in [4.78, 5) is 0. The molecule has 0 saturated carbocycles. The van der Waals surface area contributed by atoms with Gasteiger partial charge in [0.1, 0.15) is 0 Å². The van der Waals surface area contributed by atoms with Gasteiger partial charge in [0, 0.05) is 0 Å². The van der Waals surface area contributed by atoms with Gasteiger partial charge in [0.25, 0.3) is 0 Å². The van der Waals surface area contributed by atoms with E-state index in [1.54, 1.807) is 0 Å². The van der Waals surface area contributed by atoms with E-state index in [1.165, 1.54) is 48.7 Å². The minimum atomic E-state index is -1.23. The van der Waals surface area contributed by atoms with Crippen LogP contribution in [0.1, 0.15) is 5.56 Å². The van der Waals surface area contributed by atoms with Gasteiger partial charge in [-0.15, -0.1) is 13.2 Å². The third-order valence-electron chi connectivity index (χ3n) is 5.44. The van der Waals surface area contributed by atoms with Crippen molar-refractivity contribution in [2.24, 2.45) is 0 Å². The quantitative estimate of drug-likeness (QED) is 0.172. The van der Waals surface area contributed by atoms with E-state index in [4.69, 9.17) is 0 Å². The fourth-order valence-electron chi connectivity index (χ4n) is 4.34. The van der Waals surface area contributed by atoms with Crippen LogP contribution in [0.15, 0.2) is 78.9 Å². The highest BCUT2D eigenvalue weighted by atomic mass is 31.2. The second kappa shape index (κ2) is 5.98. The zero-order valence-electron chi connectivity index (χ0n) is 15.9. The third kappa shape index (κ3) is 2.76. The molecule has 0 aliphatic heterocycles. The maximum atomic E-state index is 4.53. The molecule has 0 atom stereocenters. The SMILES string of the molecule is C=P(C)(C)Cc1c2ccc3ccccc3c2cc2ccc3ccccc3c12. The Morgan fingerprint density at radius 1 is 0.630 bits per heavy atom. The largest absolute Gasteiger partial charge is 0.114 e. The molecular formula is C26H23P. The van der Waals surface area contributed by atoms with Crippen LogP contribution in [0.3, 0.4) is 0 Å². The van der Waals surface area contributed by atoms with Gasteiger partial charge in [-0.25, -0.2) is 0 Å². The lowest BCUT2D eigenvalue weighted by Gasteiger charge is -2.19. The van der Waals surface area contributed by atoms with E-state index in [2.05, 4.69) is 98.5 Å². The predicted molar refractivity (Wildman–Crippen MR) is 126 cm³/mol. The molecule has 5 aromatic rings. The molecule has 0 aliphatic carbocycles. The number of fused-ring (bicyclic) bond motifs is 6. The second-order valence-electron chi connectivity index (χ2n) is 8.22. The third-order valence-corrected chi connectivity index (χ3v) is 6.62. The summed E-state index contributed by atoms with van der Waals surface area (Å²) in [5, 5.41) is 10.8. The van der Waals surface area contributed by atoms with Crippen LogP contribution in [-0.4, -0.2) is 19.6 Å². The summed E-state index contributed by atoms with van der Waals surface area (Å²) >= 11 is 0. The fraction of sp³-hybridized carbons (Fsp3) is 0.115. The molecule has 0 aromatic heterocycles. The Labute approximate surface area is 160 Å². The van der Waals surface area contributed by atoms with Crippen molar-refractivity contribution >= 4 is 56.3 Å². The average molecular weight is 366 g/mol. The monoisotopic (exact) mass is 366 g/mol. The van der Waals surface area contributed by atoms with Crippen molar-refractivity contribution in [3.63, 3.8) is 0 Å². The van der Waals surface area contributed by atoms with Gasteiger partial charge in [0.15, 0.2) is 0 Å². The molecule has 5 aromatic carbocycles. The molecule has 0 heterocycles. The normalized spacial score (nSPS) is 12.4. The highest BCUT2D eigenvalue weighted by Gasteiger charge is 2.15. The van der Waals surface area contributed by atoms with Crippen molar-refractivity contribution in [3.8, 4) is 0 Å². The maximum Gasteiger partial charge on any atom is -0.00633 e. The fourth-order valence-corrected chi connectivity index (χ4v) is 5.53. The smallest absolute Gasteiger partial charge is 0.00633 e. The van der Waals surface area contributed by atoms with Crippen molar-refractivity contribution in [3.05, 3.63) is 84.4 Å². The molecule has 0 unspecified atom stereocenters. The first-order valence-corrected chi connectivity index (χ1v) is 12.5. The lowest BCUT2D eigenvalue weighted by atomic mass is 9.91. The summed E-state index contributed by atoms with van der Waals surface area (Å²) in [5.41, 5.74) is 1.47. The van der Waals surface area contributed by atoms with Crippen LogP contribution in [-0.2, 0) is 6.16 Å². The van der Waals surface area contributed by atoms with Gasteiger partial charge in [-0.3, -0.25) is 0 Å². The van der Waals surface area contributed by atoms with Crippen molar-refractivity contribution in [2.45, 2.75) is 6.16 Å². The van der Waals surface area contributed by atoms with Crippen LogP contribution < -0.4 is 0 Å². The Bertz CT molecular complexity index is 1390. The summed E-state index contributed by atoms with van der Waals surface area (Å²) < 4.78 is 0. The molecule has 0 saturated heterocycles. The number of hydrogen-bond donors (Lipinski definition) is 0. The van der Waals surface area contributed by atoms with Crippen LogP contribution in [0.2, 0.25) is 0 Å². The van der Waals surface area contributed by atoms with Crippen LogP contribution in [0.5, 0.6) is 0 Å². The molecule has 0 amide bonds. The van der Waals surface area contributed by atoms with E-state index in [0.717, 1.165) is 6.16 Å². The van der Waals surface area contributed by atoms with Gasteiger partial charge in [-0.05, 0) is 74.2 Å². The molecule has 5 rings (SSSR count). The molecule has 0 nitrogen and oxygen atoms in total. The topological polar surface area (TPSA) is 0 Å². The van der Waals surface area contributed by atoms with Gasteiger partial charge in [-0.2, -0.15) is 0 Å². The summed E-state index contributed by atoms with van der Waals surface area (Å²) in [6.45, 7) is 3.44. The Hall–Kier alpha value is -2.56. The van der Waals surface area contributed by atoms with Gasteiger partial charge in [-0.1, -0.05) is 72.8 Å². The molecule has 1 heteroatoms. The molecule has 0 spiro atoms. The summed E-state index contributed by atoms with van der Waals surface area (Å²) in [5.74, 6) is 0. The van der Waals surface area contributed by atoms with Crippen molar-refractivity contribution in [1.82, 2.24) is 0 Å². The first-order chi connectivity index (χ1) is 13.0. The highest BCUT2D eigenvalue weighted by molar-refractivity contribution is 7.71. The van der Waals surface area contributed by atoms with Crippen LogP contribution in [0.25, 0.3) is 43.1 Å². The number of rotatable bonds is 2. The second-order valence-corrected chi connectivity index (χ2v) is 12.4. The minimum Gasteiger partial charge on any atom is -0.114 e. The zero-order chi connectivity index (χ0) is 18.6. The minimum absolute atomic E-state index is 1.06. The number of benzene rings is 5. The maximum absolute atomic E-state index is 4.53. The first kappa shape index (κ1) is 16.6. The summed E-state index contributed by atoms with van der Waals surface area (Å²) in [6.07, 6.45) is 5.60. The first-order valence-electron chi connectivity index (χ1n) is 9.43. The van der Waals surface area contributed by atoms with E-state index >= 15 is 0 Å². The lowest BCUT2D eigenvalue weighted by molar-refractivity contribution is 1.49. The molecule has 0 radical (unpaired) electrons. The summed E-state index contributed by atoms with van der Waals surface area (Å²) in [7, 11) is 0. The van der Waals surface area contributed by atoms with Gasteiger partial charge in [0.05, 0.1) is 0 Å². The Morgan fingerprint density at radius 3 is 1.96 bits per heavy atom. The van der Waals surface area contributed by atoms with Gasteiger partial charge in [0.2, 0.25) is 0 Å². The highest BCUT2D eigenvalue weighted by Crippen LogP contribution is 2.46. The van der Waals surface area contributed by atoms with Crippen LogP contribution in [0.4, 0.5) is 0 Å². The standard InChI is InChI=1S/C26H23P/c1-27(2,3)17-25-23-15-14-18-8-4-6-10-21(18)24(23)16-20-13-12-19-9-5-7-11-22(19)26(20)25/h4-16H,1,17H2,2-3H3. The summed E-state index contributed by atoms with van der Waals surface area (Å²) in [6, 6.07) is 29.0. The van der Waals surface area contributed by atoms with Crippen molar-refractivity contribution < 1.29 is 0 Å². The van der Waals surface area contributed by atoms with E-state index in [-0.39, 0.29) is 0 Å². The van der Waals surface area contributed by atoms with Crippen LogP contribution >= 0.6 is 6.89 Å². The Kier molecular flexibility index (Phi) is 3.67. The Morgan fingerprint density at radius 2 is 1.22 bits per heavy atom. The van der Waals surface area contributed by atoms with E-state index in [1.807, 2.05) is 0 Å². The van der Waals surface area contributed by atoms with Crippen molar-refractivity contribution in [2.75, 3.05) is 13.3 Å². The van der Waals surface area contributed by atoms with Crippen LogP contribution in [0, 0.1) is 0 Å². The van der Waals surface area contributed by atoms with E-state index in [0.29, 0.717) is 0 Å². The molecule has 0 N–H and O–H groups in total. The van der Waals surface area contributed by atoms with E-state index < -0.39 is 6.89 Å². The van der Waals surface area contributed by atoms with Crippen molar-refractivity contribution in [1.29, 1.82) is 0 Å². The van der Waals surface area contributed by atoms with Gasteiger partial charge >= 0.3 is 0 Å². The Balaban J connectivity index is 2.05. The molecule has 0 fully saturated rings. The molecule has 27 heavy (non-hydrogen) atoms. The zero-order valence-corrected chi connectivity index (χ0v) is 16.8. The predicted octanol–water partition coefficient (Wildman–Crippen LogP) is 7.51. The average Bonchev–Trinajstić information content (AvgIpc) is 2.66. The molecule has 0 aliphatic rings. The molecular weight excluding hydrogens is 343 g/mol. The molecule has 0 bridgehead atoms. The van der Waals surface area contributed by atoms with E-state index in [9.17, 15) is 0 Å².